The second-order valence-electron chi connectivity index (χ2n) is 5.96. The molecule has 124 valence electrons. The minimum absolute atomic E-state index is 0.167. The van der Waals surface area contributed by atoms with Crippen molar-refractivity contribution >= 4 is 18.4 Å². The maximum atomic E-state index is 5.40. The van der Waals surface area contributed by atoms with Crippen LogP contribution in [0.25, 0.3) is 5.88 Å². The average molecular weight is 332 g/mol. The fourth-order valence-corrected chi connectivity index (χ4v) is 3.09. The zero-order chi connectivity index (χ0) is 16.6. The Balaban J connectivity index is 1.35. The minimum Gasteiger partial charge on any atom is -0.447 e. The van der Waals surface area contributed by atoms with Crippen molar-refractivity contribution in [3.05, 3.63) is 66.2 Å². The molecule has 0 bridgehead atoms. The van der Waals surface area contributed by atoms with Gasteiger partial charge in [0.2, 0.25) is 5.88 Å². The van der Waals surface area contributed by atoms with Crippen molar-refractivity contribution in [2.75, 3.05) is 6.54 Å². The quantitative estimate of drug-likeness (QED) is 0.737. The van der Waals surface area contributed by atoms with Gasteiger partial charge >= 0.3 is 0 Å². The molecule has 0 fully saturated rings. The maximum absolute atomic E-state index is 5.40. The van der Waals surface area contributed by atoms with E-state index in [1.807, 2.05) is 42.1 Å². The lowest BCUT2D eigenvalue weighted by Crippen LogP contribution is -2.40. The van der Waals surface area contributed by atoms with Crippen LogP contribution in [0.5, 0.6) is 0 Å². The van der Waals surface area contributed by atoms with Crippen LogP contribution in [0.2, 0.25) is 0 Å². The molecule has 7 nitrogen and oxygen atoms in total. The highest BCUT2D eigenvalue weighted by atomic mass is 16.3. The van der Waals surface area contributed by atoms with Gasteiger partial charge in [0.1, 0.15) is 24.1 Å². The van der Waals surface area contributed by atoms with Crippen molar-refractivity contribution in [2.24, 2.45) is 9.98 Å². The van der Waals surface area contributed by atoms with Gasteiger partial charge < -0.3 is 4.42 Å². The van der Waals surface area contributed by atoms with Gasteiger partial charge in [-0.2, -0.15) is 5.10 Å². The highest BCUT2D eigenvalue weighted by Gasteiger charge is 2.34. The third-order valence-electron chi connectivity index (χ3n) is 4.37. The third kappa shape index (κ3) is 2.40. The number of hydrogen-bond donors (Lipinski definition) is 0. The number of benzene rings is 1. The van der Waals surface area contributed by atoms with E-state index in [2.05, 4.69) is 44.4 Å². The Bertz CT molecular complexity index is 928. The second-order valence-corrected chi connectivity index (χ2v) is 5.96. The number of fused-ring (bicyclic) bond motifs is 3. The summed E-state index contributed by atoms with van der Waals surface area (Å²) in [5, 5.41) is 8.71. The predicted molar refractivity (Wildman–Crippen MR) is 93.9 cm³/mol. The topological polar surface area (TPSA) is 62.2 Å². The standard InChI is InChI=1S/C18H16N6O/c1-2-5-14(6-3-1)8-9-22-12-20-18-17-15(19-13-24(18)22)11-23(21-17)16-7-4-10-25-16/h1-7,10-13,18H,8-9H2. The van der Waals surface area contributed by atoms with E-state index in [0.29, 0.717) is 5.88 Å². The predicted octanol–water partition coefficient (Wildman–Crippen LogP) is 2.94. The molecule has 5 rings (SSSR count). The van der Waals surface area contributed by atoms with E-state index >= 15 is 0 Å². The van der Waals surface area contributed by atoms with Gasteiger partial charge in [0.25, 0.3) is 0 Å². The van der Waals surface area contributed by atoms with Crippen LogP contribution in [0.3, 0.4) is 0 Å². The first-order valence-electron chi connectivity index (χ1n) is 8.18. The largest absolute Gasteiger partial charge is 0.447 e. The molecule has 4 heterocycles. The summed E-state index contributed by atoms with van der Waals surface area (Å²) in [6, 6.07) is 14.1. The lowest BCUT2D eigenvalue weighted by Gasteiger charge is -2.31. The molecule has 25 heavy (non-hydrogen) atoms. The molecular formula is C18H16N6O. The number of furan rings is 1. The first kappa shape index (κ1) is 14.0. The van der Waals surface area contributed by atoms with Crippen LogP contribution in [0, 0.1) is 0 Å². The molecule has 0 saturated heterocycles. The van der Waals surface area contributed by atoms with Crippen LogP contribution < -0.4 is 0 Å². The fourth-order valence-electron chi connectivity index (χ4n) is 3.09. The second kappa shape index (κ2) is 5.62. The summed E-state index contributed by atoms with van der Waals surface area (Å²) >= 11 is 0. The van der Waals surface area contributed by atoms with E-state index in [4.69, 9.17) is 4.42 Å². The lowest BCUT2D eigenvalue weighted by molar-refractivity contribution is 0.121. The highest BCUT2D eigenvalue weighted by molar-refractivity contribution is 5.72. The van der Waals surface area contributed by atoms with Crippen LogP contribution in [0.15, 0.2) is 69.3 Å². The summed E-state index contributed by atoms with van der Waals surface area (Å²) in [6.45, 7) is 0.838. The maximum Gasteiger partial charge on any atom is 0.219 e. The molecule has 1 unspecified atom stereocenters. The molecule has 0 radical (unpaired) electrons. The molecule has 1 aromatic carbocycles. The van der Waals surface area contributed by atoms with Crippen LogP contribution in [-0.4, -0.2) is 39.0 Å². The summed E-state index contributed by atoms with van der Waals surface area (Å²) in [4.78, 5) is 9.14. The zero-order valence-corrected chi connectivity index (χ0v) is 13.4. The Morgan fingerprint density at radius 1 is 1.04 bits per heavy atom. The van der Waals surface area contributed by atoms with Gasteiger partial charge in [-0.15, -0.1) is 0 Å². The molecule has 3 aromatic rings. The molecule has 0 amide bonds. The number of aromatic nitrogens is 2. The zero-order valence-electron chi connectivity index (χ0n) is 13.4. The Morgan fingerprint density at radius 3 is 2.80 bits per heavy atom. The molecule has 0 saturated carbocycles. The van der Waals surface area contributed by atoms with Gasteiger partial charge in [0, 0.05) is 12.6 Å². The van der Waals surface area contributed by atoms with Crippen LogP contribution in [0.4, 0.5) is 5.69 Å². The molecule has 1 atom stereocenters. The van der Waals surface area contributed by atoms with E-state index in [-0.39, 0.29) is 6.17 Å². The SMILES string of the molecule is C1=Nc2cn(-c3ccco3)nc2C2N=CN(CCc3ccccc3)N12. The van der Waals surface area contributed by atoms with Gasteiger partial charge in [0.15, 0.2) is 6.17 Å². The molecule has 2 aliphatic rings. The van der Waals surface area contributed by atoms with Crippen LogP contribution in [-0.2, 0) is 6.42 Å². The molecule has 0 N–H and O–H groups in total. The van der Waals surface area contributed by atoms with Crippen molar-refractivity contribution in [3.63, 3.8) is 0 Å². The first-order chi connectivity index (χ1) is 12.4. The molecular weight excluding hydrogens is 316 g/mol. The molecule has 2 aliphatic heterocycles. The average Bonchev–Trinajstić information content (AvgIpc) is 3.38. The van der Waals surface area contributed by atoms with Crippen molar-refractivity contribution < 1.29 is 4.42 Å². The summed E-state index contributed by atoms with van der Waals surface area (Å²) in [5.41, 5.74) is 2.95. The van der Waals surface area contributed by atoms with Crippen molar-refractivity contribution in [1.82, 2.24) is 19.8 Å². The summed E-state index contributed by atoms with van der Waals surface area (Å²) in [6.07, 6.45) is 7.95. The van der Waals surface area contributed by atoms with Crippen molar-refractivity contribution in [1.29, 1.82) is 0 Å². The van der Waals surface area contributed by atoms with E-state index < -0.39 is 0 Å². The first-order valence-corrected chi connectivity index (χ1v) is 8.18. The van der Waals surface area contributed by atoms with E-state index in [1.165, 1.54) is 5.56 Å². The minimum atomic E-state index is -0.167. The van der Waals surface area contributed by atoms with Gasteiger partial charge in [0.05, 0.1) is 12.5 Å². The Morgan fingerprint density at radius 2 is 1.96 bits per heavy atom. The monoisotopic (exact) mass is 332 g/mol. The van der Waals surface area contributed by atoms with Gasteiger partial charge in [-0.05, 0) is 18.1 Å². The number of rotatable bonds is 4. The van der Waals surface area contributed by atoms with E-state index in [0.717, 1.165) is 24.3 Å². The summed E-state index contributed by atoms with van der Waals surface area (Å²) in [5.74, 6) is 0.666. The van der Waals surface area contributed by atoms with Gasteiger partial charge in [-0.25, -0.2) is 19.7 Å². The Labute approximate surface area is 144 Å². The van der Waals surface area contributed by atoms with Gasteiger partial charge in [-0.1, -0.05) is 30.3 Å². The summed E-state index contributed by atoms with van der Waals surface area (Å²) < 4.78 is 7.11. The highest BCUT2D eigenvalue weighted by Crippen LogP contribution is 2.36. The Kier molecular flexibility index (Phi) is 3.16. The van der Waals surface area contributed by atoms with Crippen molar-refractivity contribution in [2.45, 2.75) is 12.6 Å². The molecule has 0 aliphatic carbocycles. The van der Waals surface area contributed by atoms with Gasteiger partial charge in [-0.3, -0.25) is 5.01 Å². The Hall–Kier alpha value is -3.35. The summed E-state index contributed by atoms with van der Waals surface area (Å²) in [7, 11) is 0. The van der Waals surface area contributed by atoms with Crippen molar-refractivity contribution in [3.8, 4) is 5.88 Å². The fraction of sp³-hybridized carbons (Fsp3) is 0.167. The lowest BCUT2D eigenvalue weighted by atomic mass is 10.1. The normalized spacial score (nSPS) is 17.8. The number of aliphatic imine (C=N–C) groups is 2. The smallest absolute Gasteiger partial charge is 0.219 e. The number of nitrogens with zero attached hydrogens (tertiary/aromatic N) is 6. The number of hydrogen-bond acceptors (Lipinski definition) is 6. The third-order valence-corrected chi connectivity index (χ3v) is 4.37. The van der Waals surface area contributed by atoms with Crippen LogP contribution in [0.1, 0.15) is 17.4 Å². The molecule has 2 aromatic heterocycles. The van der Waals surface area contributed by atoms with Crippen LogP contribution >= 0.6 is 0 Å². The van der Waals surface area contributed by atoms with E-state index in [9.17, 15) is 0 Å². The molecule has 7 heteroatoms. The number of hydrazine groups is 1. The van der Waals surface area contributed by atoms with E-state index in [1.54, 1.807) is 10.9 Å². The molecule has 0 spiro atoms.